The van der Waals surface area contributed by atoms with Crippen LogP contribution in [0.25, 0.3) is 0 Å². The van der Waals surface area contributed by atoms with Crippen LogP contribution in [0.5, 0.6) is 0 Å². The molecule has 1 aromatic carbocycles. The van der Waals surface area contributed by atoms with Crippen LogP contribution in [0.3, 0.4) is 0 Å². The third-order valence-electron chi connectivity index (χ3n) is 4.41. The quantitative estimate of drug-likeness (QED) is 0.595. The standard InChI is InChI=1S/C15H17NO3/c17-15(10-5-2-1-3-6-10)19-13-11-7-4-8-16(11)9-12-14(13)18-12/h1-3,5-6,11-14H,4,7-9H2/t11-,12-,13+,14?/m0/s1. The summed E-state index contributed by atoms with van der Waals surface area (Å²) in [6.45, 7) is 2.12. The molecule has 0 radical (unpaired) electrons. The van der Waals surface area contributed by atoms with E-state index in [1.54, 1.807) is 12.1 Å². The molecule has 4 nitrogen and oxygen atoms in total. The van der Waals surface area contributed by atoms with Crippen LogP contribution < -0.4 is 0 Å². The predicted octanol–water partition coefficient (Wildman–Crippen LogP) is 1.46. The molecule has 3 aliphatic rings. The number of carbonyl (C=O) groups is 1. The minimum absolute atomic E-state index is 0.0889. The molecule has 100 valence electrons. The van der Waals surface area contributed by atoms with E-state index in [-0.39, 0.29) is 24.3 Å². The van der Waals surface area contributed by atoms with Crippen molar-refractivity contribution in [3.63, 3.8) is 0 Å². The minimum atomic E-state index is -0.228. The number of hydrogen-bond donors (Lipinski definition) is 0. The fourth-order valence-electron chi connectivity index (χ4n) is 3.40. The maximum Gasteiger partial charge on any atom is 0.338 e. The largest absolute Gasteiger partial charge is 0.454 e. The number of ether oxygens (including phenoxy) is 2. The molecule has 4 heteroatoms. The number of fused-ring (bicyclic) bond motifs is 2. The van der Waals surface area contributed by atoms with Crippen LogP contribution in [0.4, 0.5) is 0 Å². The maximum atomic E-state index is 12.2. The Morgan fingerprint density at radius 3 is 3.00 bits per heavy atom. The predicted molar refractivity (Wildman–Crippen MR) is 68.9 cm³/mol. The summed E-state index contributed by atoms with van der Waals surface area (Å²) < 4.78 is 11.4. The number of piperidine rings is 1. The first-order chi connectivity index (χ1) is 9.33. The third-order valence-corrected chi connectivity index (χ3v) is 4.41. The average molecular weight is 259 g/mol. The van der Waals surface area contributed by atoms with Crippen LogP contribution in [0.15, 0.2) is 30.3 Å². The van der Waals surface area contributed by atoms with Crippen molar-refractivity contribution in [1.82, 2.24) is 4.90 Å². The number of nitrogens with zero attached hydrogens (tertiary/aromatic N) is 1. The Morgan fingerprint density at radius 1 is 1.32 bits per heavy atom. The van der Waals surface area contributed by atoms with Gasteiger partial charge in [0.1, 0.15) is 18.3 Å². The van der Waals surface area contributed by atoms with Crippen LogP contribution >= 0.6 is 0 Å². The second-order valence-electron chi connectivity index (χ2n) is 5.58. The second-order valence-corrected chi connectivity index (χ2v) is 5.58. The van der Waals surface area contributed by atoms with Crippen molar-refractivity contribution in [3.05, 3.63) is 35.9 Å². The van der Waals surface area contributed by atoms with E-state index < -0.39 is 0 Å². The summed E-state index contributed by atoms with van der Waals surface area (Å²) in [6.07, 6.45) is 2.63. The Morgan fingerprint density at radius 2 is 2.16 bits per heavy atom. The first-order valence-electron chi connectivity index (χ1n) is 6.98. The summed E-state index contributed by atoms with van der Waals surface area (Å²) in [6, 6.07) is 9.56. The molecule has 4 rings (SSSR count). The molecule has 0 saturated carbocycles. The van der Waals surface area contributed by atoms with Crippen LogP contribution in [0, 0.1) is 0 Å². The average Bonchev–Trinajstić information content (AvgIpc) is 3.06. The van der Waals surface area contributed by atoms with Gasteiger partial charge in [0.25, 0.3) is 0 Å². The normalized spacial score (nSPS) is 36.4. The summed E-state index contributed by atoms with van der Waals surface area (Å²) >= 11 is 0. The van der Waals surface area contributed by atoms with Crippen LogP contribution in [-0.2, 0) is 9.47 Å². The van der Waals surface area contributed by atoms with Crippen molar-refractivity contribution < 1.29 is 14.3 Å². The molecule has 4 atom stereocenters. The van der Waals surface area contributed by atoms with E-state index in [9.17, 15) is 4.79 Å². The molecule has 0 N–H and O–H groups in total. The lowest BCUT2D eigenvalue weighted by molar-refractivity contribution is -0.00643. The highest BCUT2D eigenvalue weighted by Crippen LogP contribution is 2.40. The van der Waals surface area contributed by atoms with Gasteiger partial charge in [-0.3, -0.25) is 4.90 Å². The van der Waals surface area contributed by atoms with Crippen molar-refractivity contribution in [3.8, 4) is 0 Å². The summed E-state index contributed by atoms with van der Waals surface area (Å²) in [7, 11) is 0. The lowest BCUT2D eigenvalue weighted by Crippen LogP contribution is -2.50. The zero-order valence-corrected chi connectivity index (χ0v) is 10.7. The molecule has 0 amide bonds. The molecule has 1 aromatic rings. The van der Waals surface area contributed by atoms with Gasteiger partial charge in [0.05, 0.1) is 5.56 Å². The maximum absolute atomic E-state index is 12.2. The second kappa shape index (κ2) is 4.32. The third kappa shape index (κ3) is 1.95. The van der Waals surface area contributed by atoms with Gasteiger partial charge in [-0.1, -0.05) is 18.2 Å². The molecule has 0 bridgehead atoms. The van der Waals surface area contributed by atoms with Crippen molar-refractivity contribution in [2.24, 2.45) is 0 Å². The summed E-state index contributed by atoms with van der Waals surface area (Å²) in [5.74, 6) is -0.228. The first-order valence-corrected chi connectivity index (χ1v) is 6.98. The molecule has 3 aliphatic heterocycles. The Balaban J connectivity index is 1.51. The first kappa shape index (κ1) is 11.4. The highest BCUT2D eigenvalue weighted by Gasteiger charge is 2.57. The van der Waals surface area contributed by atoms with E-state index in [0.717, 1.165) is 19.5 Å². The number of hydrogen-bond acceptors (Lipinski definition) is 4. The van der Waals surface area contributed by atoms with Gasteiger partial charge in [0.2, 0.25) is 0 Å². The minimum Gasteiger partial charge on any atom is -0.454 e. The zero-order chi connectivity index (χ0) is 12.8. The highest BCUT2D eigenvalue weighted by atomic mass is 16.6. The number of benzene rings is 1. The number of rotatable bonds is 2. The van der Waals surface area contributed by atoms with Gasteiger partial charge >= 0.3 is 5.97 Å². The molecule has 19 heavy (non-hydrogen) atoms. The van der Waals surface area contributed by atoms with Gasteiger partial charge in [-0.2, -0.15) is 0 Å². The number of carbonyl (C=O) groups excluding carboxylic acids is 1. The molecule has 0 aliphatic carbocycles. The zero-order valence-electron chi connectivity index (χ0n) is 10.7. The van der Waals surface area contributed by atoms with E-state index in [4.69, 9.17) is 9.47 Å². The van der Waals surface area contributed by atoms with Crippen LogP contribution in [-0.4, -0.2) is 48.3 Å². The molecule has 0 aromatic heterocycles. The molecular weight excluding hydrogens is 242 g/mol. The topological polar surface area (TPSA) is 42.1 Å². The Bertz CT molecular complexity index is 489. The smallest absolute Gasteiger partial charge is 0.338 e. The van der Waals surface area contributed by atoms with E-state index in [1.807, 2.05) is 18.2 Å². The fraction of sp³-hybridized carbons (Fsp3) is 0.533. The van der Waals surface area contributed by atoms with E-state index in [1.165, 1.54) is 6.42 Å². The lowest BCUT2D eigenvalue weighted by atomic mass is 9.99. The van der Waals surface area contributed by atoms with Gasteiger partial charge < -0.3 is 9.47 Å². The number of epoxide rings is 1. The van der Waals surface area contributed by atoms with Crippen molar-refractivity contribution >= 4 is 5.97 Å². The molecule has 1 unspecified atom stereocenters. The van der Waals surface area contributed by atoms with Gasteiger partial charge in [-0.25, -0.2) is 4.79 Å². The lowest BCUT2D eigenvalue weighted by Gasteiger charge is -2.33. The van der Waals surface area contributed by atoms with E-state index in [2.05, 4.69) is 4.90 Å². The fourth-order valence-corrected chi connectivity index (χ4v) is 3.40. The van der Waals surface area contributed by atoms with Crippen molar-refractivity contribution in [2.45, 2.75) is 37.2 Å². The van der Waals surface area contributed by atoms with Crippen LogP contribution in [0.2, 0.25) is 0 Å². The molecule has 3 heterocycles. The van der Waals surface area contributed by atoms with Gasteiger partial charge in [0, 0.05) is 12.6 Å². The monoisotopic (exact) mass is 259 g/mol. The van der Waals surface area contributed by atoms with Crippen molar-refractivity contribution in [2.75, 3.05) is 13.1 Å². The molecular formula is C15H17NO3. The van der Waals surface area contributed by atoms with Gasteiger partial charge in [0.15, 0.2) is 0 Å². The summed E-state index contributed by atoms with van der Waals surface area (Å²) in [5, 5.41) is 0. The molecule has 3 fully saturated rings. The highest BCUT2D eigenvalue weighted by molar-refractivity contribution is 5.89. The van der Waals surface area contributed by atoms with E-state index in [0.29, 0.717) is 11.6 Å². The van der Waals surface area contributed by atoms with Gasteiger partial charge in [-0.05, 0) is 31.5 Å². The molecule has 0 spiro atoms. The van der Waals surface area contributed by atoms with Crippen molar-refractivity contribution in [1.29, 1.82) is 0 Å². The summed E-state index contributed by atoms with van der Waals surface area (Å²) in [5.41, 5.74) is 0.620. The Labute approximate surface area is 112 Å². The van der Waals surface area contributed by atoms with Crippen LogP contribution in [0.1, 0.15) is 23.2 Å². The Kier molecular flexibility index (Phi) is 2.60. The summed E-state index contributed by atoms with van der Waals surface area (Å²) in [4.78, 5) is 14.6. The number of esters is 1. The van der Waals surface area contributed by atoms with E-state index >= 15 is 0 Å². The van der Waals surface area contributed by atoms with Gasteiger partial charge in [-0.15, -0.1) is 0 Å². The Hall–Kier alpha value is -1.39. The SMILES string of the molecule is O=C(O[C@H]1C2O[C@H]2CN2CCC[C@@H]12)c1ccccc1. The molecule has 3 saturated heterocycles.